The van der Waals surface area contributed by atoms with Crippen molar-refractivity contribution in [2.45, 2.75) is 26.5 Å². The lowest BCUT2D eigenvalue weighted by Crippen LogP contribution is -2.29. The largest absolute Gasteiger partial charge is 0.507 e. The number of carbonyl (C=O) groups is 3. The van der Waals surface area contributed by atoms with Gasteiger partial charge in [0.15, 0.2) is 0 Å². The number of carbonyl (C=O) groups excluding carboxylic acids is 3. The molecule has 212 valence electrons. The minimum atomic E-state index is -0.956. The van der Waals surface area contributed by atoms with E-state index in [1.165, 1.54) is 18.9 Å². The van der Waals surface area contributed by atoms with Crippen LogP contribution in [-0.2, 0) is 21.0 Å². The predicted molar refractivity (Wildman–Crippen MR) is 160 cm³/mol. The molecule has 42 heavy (non-hydrogen) atoms. The number of rotatable bonds is 8. The fourth-order valence-electron chi connectivity index (χ4n) is 5.01. The Hall–Kier alpha value is -5.37. The Kier molecular flexibility index (Phi) is 8.06. The number of nitrogens with one attached hydrogen (secondary N) is 1. The first-order valence-electron chi connectivity index (χ1n) is 13.4. The normalized spacial score (nSPS) is 15.9. The average molecular weight is 563 g/mol. The summed E-state index contributed by atoms with van der Waals surface area (Å²) in [6, 6.07) is 27.6. The average Bonchev–Trinajstić information content (AvgIpc) is 3.26. The number of aliphatic hydroxyl groups excluding tert-OH is 1. The SMILES string of the molecule is COc1cccc(C2/C(=C(\O)c3ccc(OCc4ccccc4)c(C)c3)C(=O)C(=O)N2c2cccc(NC(C)=O)c2)c1. The summed E-state index contributed by atoms with van der Waals surface area (Å²) in [5.74, 6) is -1.04. The minimum Gasteiger partial charge on any atom is -0.507 e. The van der Waals surface area contributed by atoms with Crippen LogP contribution in [0.2, 0.25) is 0 Å². The molecule has 1 heterocycles. The minimum absolute atomic E-state index is 0.0597. The maximum atomic E-state index is 13.6. The van der Waals surface area contributed by atoms with Crippen molar-refractivity contribution in [1.29, 1.82) is 0 Å². The molecule has 1 aliphatic heterocycles. The molecular weight excluding hydrogens is 532 g/mol. The van der Waals surface area contributed by atoms with Crippen molar-refractivity contribution in [1.82, 2.24) is 0 Å². The van der Waals surface area contributed by atoms with E-state index in [1.54, 1.807) is 66.7 Å². The summed E-state index contributed by atoms with van der Waals surface area (Å²) in [7, 11) is 1.52. The molecule has 1 atom stereocenters. The quantitative estimate of drug-likeness (QED) is 0.151. The number of amides is 2. The molecule has 0 bridgehead atoms. The van der Waals surface area contributed by atoms with Gasteiger partial charge in [0.1, 0.15) is 23.9 Å². The van der Waals surface area contributed by atoms with E-state index in [9.17, 15) is 19.5 Å². The fourth-order valence-corrected chi connectivity index (χ4v) is 5.01. The van der Waals surface area contributed by atoms with Gasteiger partial charge in [0.25, 0.3) is 11.7 Å². The van der Waals surface area contributed by atoms with Crippen LogP contribution in [0.4, 0.5) is 11.4 Å². The summed E-state index contributed by atoms with van der Waals surface area (Å²) in [6.45, 7) is 3.61. The van der Waals surface area contributed by atoms with Crippen molar-refractivity contribution in [3.05, 3.63) is 125 Å². The molecular formula is C34H30N2O6. The summed E-state index contributed by atoms with van der Waals surface area (Å²) in [6.07, 6.45) is 0. The van der Waals surface area contributed by atoms with Crippen LogP contribution in [0.1, 0.15) is 35.2 Å². The zero-order valence-corrected chi connectivity index (χ0v) is 23.5. The van der Waals surface area contributed by atoms with Gasteiger partial charge in [0.05, 0.1) is 18.7 Å². The highest BCUT2D eigenvalue weighted by Gasteiger charge is 2.47. The molecule has 4 aromatic rings. The lowest BCUT2D eigenvalue weighted by atomic mass is 9.94. The molecule has 0 spiro atoms. The molecule has 2 amide bonds. The lowest BCUT2D eigenvalue weighted by molar-refractivity contribution is -0.132. The number of ketones is 1. The topological polar surface area (TPSA) is 105 Å². The van der Waals surface area contributed by atoms with Crippen molar-refractivity contribution >= 4 is 34.7 Å². The van der Waals surface area contributed by atoms with Gasteiger partial charge in [-0.3, -0.25) is 19.3 Å². The van der Waals surface area contributed by atoms with Crippen LogP contribution in [0.3, 0.4) is 0 Å². The summed E-state index contributed by atoms with van der Waals surface area (Å²) in [5.41, 5.74) is 3.51. The zero-order chi connectivity index (χ0) is 29.8. The summed E-state index contributed by atoms with van der Waals surface area (Å²) in [5, 5.41) is 14.3. The Labute approximate surface area is 243 Å². The summed E-state index contributed by atoms with van der Waals surface area (Å²) in [4.78, 5) is 40.1. The number of nitrogens with zero attached hydrogens (tertiary/aromatic N) is 1. The van der Waals surface area contributed by atoms with E-state index in [4.69, 9.17) is 9.47 Å². The predicted octanol–water partition coefficient (Wildman–Crippen LogP) is 6.17. The van der Waals surface area contributed by atoms with Gasteiger partial charge in [-0.15, -0.1) is 0 Å². The number of methoxy groups -OCH3 is 1. The Morgan fingerprint density at radius 2 is 1.69 bits per heavy atom. The summed E-state index contributed by atoms with van der Waals surface area (Å²) < 4.78 is 11.4. The molecule has 1 fully saturated rings. The molecule has 1 saturated heterocycles. The second-order valence-corrected chi connectivity index (χ2v) is 9.93. The van der Waals surface area contributed by atoms with E-state index < -0.39 is 17.7 Å². The van der Waals surface area contributed by atoms with Crippen molar-refractivity contribution in [2.24, 2.45) is 0 Å². The molecule has 0 aliphatic carbocycles. The maximum Gasteiger partial charge on any atom is 0.300 e. The Balaban J connectivity index is 1.58. The fraction of sp³-hybridized carbons (Fsp3) is 0.147. The highest BCUT2D eigenvalue weighted by atomic mass is 16.5. The van der Waals surface area contributed by atoms with E-state index in [0.29, 0.717) is 40.6 Å². The molecule has 5 rings (SSSR count). The third kappa shape index (κ3) is 5.74. The number of hydrogen-bond acceptors (Lipinski definition) is 6. The molecule has 1 unspecified atom stereocenters. The van der Waals surface area contributed by atoms with E-state index in [1.807, 2.05) is 37.3 Å². The second kappa shape index (κ2) is 12.0. The molecule has 8 nitrogen and oxygen atoms in total. The molecule has 0 aromatic heterocycles. The maximum absolute atomic E-state index is 13.6. The third-order valence-corrected chi connectivity index (χ3v) is 6.98. The van der Waals surface area contributed by atoms with Crippen LogP contribution in [0.25, 0.3) is 5.76 Å². The second-order valence-electron chi connectivity index (χ2n) is 9.93. The monoisotopic (exact) mass is 562 g/mol. The van der Waals surface area contributed by atoms with Gasteiger partial charge >= 0.3 is 0 Å². The zero-order valence-electron chi connectivity index (χ0n) is 23.5. The lowest BCUT2D eigenvalue weighted by Gasteiger charge is -2.26. The molecule has 0 radical (unpaired) electrons. The van der Waals surface area contributed by atoms with Crippen LogP contribution in [0.15, 0.2) is 103 Å². The molecule has 8 heteroatoms. The number of ether oxygens (including phenoxy) is 2. The number of benzene rings is 4. The van der Waals surface area contributed by atoms with Crippen molar-refractivity contribution < 1.29 is 29.0 Å². The Morgan fingerprint density at radius 1 is 0.929 bits per heavy atom. The van der Waals surface area contributed by atoms with Crippen LogP contribution < -0.4 is 19.7 Å². The smallest absolute Gasteiger partial charge is 0.300 e. The van der Waals surface area contributed by atoms with E-state index in [-0.39, 0.29) is 17.2 Å². The van der Waals surface area contributed by atoms with Crippen LogP contribution >= 0.6 is 0 Å². The molecule has 2 N–H and O–H groups in total. The number of hydrogen-bond donors (Lipinski definition) is 2. The van der Waals surface area contributed by atoms with Crippen molar-refractivity contribution in [2.75, 3.05) is 17.3 Å². The highest BCUT2D eigenvalue weighted by Crippen LogP contribution is 2.43. The van der Waals surface area contributed by atoms with Crippen molar-refractivity contribution in [3.63, 3.8) is 0 Å². The Morgan fingerprint density at radius 3 is 2.40 bits per heavy atom. The van der Waals surface area contributed by atoms with Gasteiger partial charge in [-0.1, -0.05) is 48.5 Å². The van der Waals surface area contributed by atoms with Crippen molar-refractivity contribution in [3.8, 4) is 11.5 Å². The molecule has 0 saturated carbocycles. The highest BCUT2D eigenvalue weighted by molar-refractivity contribution is 6.51. The number of Topliss-reactive ketones (excluding diaryl/α,β-unsaturated/α-hetero) is 1. The number of aliphatic hydroxyl groups is 1. The first-order chi connectivity index (χ1) is 20.3. The first kappa shape index (κ1) is 28.2. The van der Waals surface area contributed by atoms with Gasteiger partial charge in [0, 0.05) is 23.9 Å². The van der Waals surface area contributed by atoms with Gasteiger partial charge in [0.2, 0.25) is 5.91 Å². The van der Waals surface area contributed by atoms with Crippen LogP contribution in [-0.4, -0.2) is 29.8 Å². The van der Waals surface area contributed by atoms with E-state index in [0.717, 1.165) is 11.1 Å². The summed E-state index contributed by atoms with van der Waals surface area (Å²) >= 11 is 0. The molecule has 4 aromatic carbocycles. The number of aryl methyl sites for hydroxylation is 1. The van der Waals surface area contributed by atoms with Gasteiger partial charge in [-0.05, 0) is 72.1 Å². The molecule has 1 aliphatic rings. The van der Waals surface area contributed by atoms with Crippen LogP contribution in [0, 0.1) is 6.92 Å². The first-order valence-corrected chi connectivity index (χ1v) is 13.4. The van der Waals surface area contributed by atoms with Crippen LogP contribution in [0.5, 0.6) is 11.5 Å². The van der Waals surface area contributed by atoms with Gasteiger partial charge in [-0.2, -0.15) is 0 Å². The van der Waals surface area contributed by atoms with E-state index in [2.05, 4.69) is 5.32 Å². The van der Waals surface area contributed by atoms with E-state index >= 15 is 0 Å². The van der Waals surface area contributed by atoms with Gasteiger partial charge < -0.3 is 19.9 Å². The number of anilines is 2. The standard InChI is InChI=1S/C34H30N2O6/c1-21-17-25(15-16-29(21)42-20-23-9-5-4-6-10-23)32(38)30-31(24-11-7-14-28(18-24)41-3)36(34(40)33(30)39)27-13-8-12-26(19-27)35-22(2)37/h4-19,31,38H,20H2,1-3H3,(H,35,37)/b32-30+. The third-order valence-electron chi connectivity index (χ3n) is 6.98. The van der Waals surface area contributed by atoms with Gasteiger partial charge in [-0.25, -0.2) is 0 Å². The Bertz CT molecular complexity index is 1700.